The van der Waals surface area contributed by atoms with Crippen LogP contribution < -0.4 is 15.0 Å². The van der Waals surface area contributed by atoms with E-state index in [-0.39, 0.29) is 12.5 Å². The van der Waals surface area contributed by atoms with Gasteiger partial charge in [-0.25, -0.2) is 4.98 Å². The highest BCUT2D eigenvalue weighted by atomic mass is 16.5. The molecule has 6 heteroatoms. The highest BCUT2D eigenvalue weighted by Gasteiger charge is 2.32. The van der Waals surface area contributed by atoms with Crippen LogP contribution >= 0.6 is 0 Å². The van der Waals surface area contributed by atoms with E-state index < -0.39 is 0 Å². The fourth-order valence-electron chi connectivity index (χ4n) is 1.86. The van der Waals surface area contributed by atoms with Gasteiger partial charge in [0.25, 0.3) is 5.91 Å². The number of carbonyl (C=O) groups excluding carboxylic acids is 1. The first-order valence-corrected chi connectivity index (χ1v) is 4.81. The van der Waals surface area contributed by atoms with E-state index in [2.05, 4.69) is 15.3 Å². The normalized spacial score (nSPS) is 17.9. The summed E-state index contributed by atoms with van der Waals surface area (Å²) >= 11 is 0. The van der Waals surface area contributed by atoms with Crippen molar-refractivity contribution in [2.45, 2.75) is 6.92 Å². The van der Waals surface area contributed by atoms with Crippen LogP contribution in [-0.4, -0.2) is 35.6 Å². The lowest BCUT2D eigenvalue weighted by molar-refractivity contribution is -0.121. The summed E-state index contributed by atoms with van der Waals surface area (Å²) in [5, 5.41) is 3.14. The Morgan fingerprint density at radius 2 is 2.33 bits per heavy atom. The number of carbonyl (C=O) groups is 1. The molecular weight excluding hydrogens is 196 g/mol. The fraction of sp³-hybridized carbons (Fsp3) is 0.444. The molecule has 3 rings (SSSR count). The van der Waals surface area contributed by atoms with Gasteiger partial charge in [0.15, 0.2) is 12.4 Å². The molecular formula is C9H10N4O2. The molecule has 0 atom stereocenters. The van der Waals surface area contributed by atoms with Gasteiger partial charge < -0.3 is 10.1 Å². The molecule has 0 aromatic carbocycles. The number of aromatic nitrogens is 2. The lowest BCUT2D eigenvalue weighted by Gasteiger charge is -2.33. The highest BCUT2D eigenvalue weighted by molar-refractivity contribution is 6.01. The summed E-state index contributed by atoms with van der Waals surface area (Å²) in [6.45, 7) is 3.24. The summed E-state index contributed by atoms with van der Waals surface area (Å²) in [6.07, 6.45) is 0. The van der Waals surface area contributed by atoms with Crippen LogP contribution in [0.3, 0.4) is 0 Å². The molecule has 0 saturated heterocycles. The summed E-state index contributed by atoms with van der Waals surface area (Å²) in [5.74, 6) is 1.81. The number of hydrogen-bond acceptors (Lipinski definition) is 5. The monoisotopic (exact) mass is 206 g/mol. The third kappa shape index (κ3) is 1.14. The molecule has 0 aliphatic carbocycles. The molecule has 15 heavy (non-hydrogen) atoms. The number of hydrogen-bond donors (Lipinski definition) is 1. The maximum atomic E-state index is 11.6. The average Bonchev–Trinajstić information content (AvgIpc) is 2.23. The van der Waals surface area contributed by atoms with E-state index in [1.807, 2.05) is 0 Å². The Morgan fingerprint density at radius 1 is 1.47 bits per heavy atom. The van der Waals surface area contributed by atoms with Crippen LogP contribution in [0, 0.1) is 6.92 Å². The molecule has 1 amide bonds. The maximum Gasteiger partial charge on any atom is 0.265 e. The van der Waals surface area contributed by atoms with Gasteiger partial charge in [-0.2, -0.15) is 4.98 Å². The first kappa shape index (κ1) is 8.46. The van der Waals surface area contributed by atoms with Gasteiger partial charge in [-0.15, -0.1) is 0 Å². The molecule has 2 aliphatic rings. The third-order valence-electron chi connectivity index (χ3n) is 2.50. The summed E-state index contributed by atoms with van der Waals surface area (Å²) in [6, 6.07) is 0. The van der Waals surface area contributed by atoms with Gasteiger partial charge in [0.05, 0.1) is 0 Å². The van der Waals surface area contributed by atoms with E-state index in [0.29, 0.717) is 36.3 Å². The van der Waals surface area contributed by atoms with Crippen molar-refractivity contribution in [3.05, 3.63) is 5.82 Å². The first-order chi connectivity index (χ1) is 7.25. The molecule has 0 fully saturated rings. The van der Waals surface area contributed by atoms with Crippen LogP contribution in [0.25, 0.3) is 0 Å². The predicted molar refractivity (Wildman–Crippen MR) is 53.1 cm³/mol. The van der Waals surface area contributed by atoms with Crippen LogP contribution in [0.2, 0.25) is 0 Å². The zero-order chi connectivity index (χ0) is 10.4. The van der Waals surface area contributed by atoms with Gasteiger partial charge in [-0.1, -0.05) is 0 Å². The number of anilines is 2. The van der Waals surface area contributed by atoms with Crippen LogP contribution in [0.5, 0.6) is 5.88 Å². The predicted octanol–water partition coefficient (Wildman–Crippen LogP) is -0.0641. The molecule has 3 heterocycles. The summed E-state index contributed by atoms with van der Waals surface area (Å²) < 4.78 is 5.28. The maximum absolute atomic E-state index is 11.6. The molecule has 1 N–H and O–H groups in total. The van der Waals surface area contributed by atoms with E-state index in [1.54, 1.807) is 11.8 Å². The van der Waals surface area contributed by atoms with Crippen molar-refractivity contribution in [1.82, 2.24) is 9.97 Å². The van der Waals surface area contributed by atoms with Gasteiger partial charge >= 0.3 is 0 Å². The molecule has 0 spiro atoms. The number of ether oxygens (including phenoxy) is 1. The SMILES string of the molecule is Cc1nc2c3c(n1)OCC(=O)N3CCN2. The van der Waals surface area contributed by atoms with Crippen LogP contribution in [0.1, 0.15) is 5.82 Å². The van der Waals surface area contributed by atoms with E-state index in [9.17, 15) is 4.79 Å². The van der Waals surface area contributed by atoms with E-state index >= 15 is 0 Å². The smallest absolute Gasteiger partial charge is 0.265 e. The van der Waals surface area contributed by atoms with E-state index in [0.717, 1.165) is 0 Å². The van der Waals surface area contributed by atoms with Gasteiger partial charge in [-0.3, -0.25) is 9.69 Å². The minimum atomic E-state index is -0.0299. The molecule has 0 unspecified atom stereocenters. The molecule has 1 aromatic rings. The Bertz CT molecular complexity index is 429. The Labute approximate surface area is 86.3 Å². The Hall–Kier alpha value is -1.85. The quantitative estimate of drug-likeness (QED) is 0.644. The molecule has 0 bridgehead atoms. The third-order valence-corrected chi connectivity index (χ3v) is 2.50. The lowest BCUT2D eigenvalue weighted by Crippen LogP contribution is -2.45. The summed E-state index contributed by atoms with van der Waals surface area (Å²) in [5.41, 5.74) is 0.683. The Morgan fingerprint density at radius 3 is 3.20 bits per heavy atom. The Kier molecular flexibility index (Phi) is 1.59. The number of aryl methyl sites for hydroxylation is 1. The number of nitrogens with one attached hydrogen (secondary N) is 1. The van der Waals surface area contributed by atoms with Crippen molar-refractivity contribution in [1.29, 1.82) is 0 Å². The first-order valence-electron chi connectivity index (χ1n) is 4.81. The largest absolute Gasteiger partial charge is 0.466 e. The second kappa shape index (κ2) is 2.82. The molecule has 6 nitrogen and oxygen atoms in total. The highest BCUT2D eigenvalue weighted by Crippen LogP contribution is 2.37. The van der Waals surface area contributed by atoms with Crippen LogP contribution in [-0.2, 0) is 4.79 Å². The topological polar surface area (TPSA) is 67.4 Å². The second-order valence-corrected chi connectivity index (χ2v) is 3.53. The minimum absolute atomic E-state index is 0.0299. The second-order valence-electron chi connectivity index (χ2n) is 3.53. The standard InChI is InChI=1S/C9H10N4O2/c1-5-11-8-7-9(12-5)15-4-6(14)13(7)3-2-10-8/h2-4H2,1H3,(H,10,11,12). The zero-order valence-electron chi connectivity index (χ0n) is 8.28. The van der Waals surface area contributed by atoms with Crippen molar-refractivity contribution in [3.63, 3.8) is 0 Å². The number of amides is 1. The fourth-order valence-corrected chi connectivity index (χ4v) is 1.86. The molecule has 1 aromatic heterocycles. The van der Waals surface area contributed by atoms with E-state index in [4.69, 9.17) is 4.74 Å². The van der Waals surface area contributed by atoms with Gasteiger partial charge in [0.2, 0.25) is 5.88 Å². The van der Waals surface area contributed by atoms with Crippen molar-refractivity contribution in [2.75, 3.05) is 29.9 Å². The lowest BCUT2D eigenvalue weighted by atomic mass is 10.2. The van der Waals surface area contributed by atoms with Crippen LogP contribution in [0.15, 0.2) is 0 Å². The van der Waals surface area contributed by atoms with Crippen molar-refractivity contribution >= 4 is 17.4 Å². The number of rotatable bonds is 0. The molecule has 2 aliphatic heterocycles. The molecule has 0 saturated carbocycles. The van der Waals surface area contributed by atoms with Gasteiger partial charge in [0.1, 0.15) is 11.5 Å². The van der Waals surface area contributed by atoms with Gasteiger partial charge in [0, 0.05) is 13.1 Å². The molecule has 0 radical (unpaired) electrons. The van der Waals surface area contributed by atoms with Gasteiger partial charge in [-0.05, 0) is 6.92 Å². The van der Waals surface area contributed by atoms with Crippen molar-refractivity contribution < 1.29 is 9.53 Å². The average molecular weight is 206 g/mol. The number of nitrogens with zero attached hydrogens (tertiary/aromatic N) is 3. The molecule has 78 valence electrons. The van der Waals surface area contributed by atoms with Crippen molar-refractivity contribution in [3.8, 4) is 5.88 Å². The van der Waals surface area contributed by atoms with E-state index in [1.165, 1.54) is 0 Å². The Balaban J connectivity index is 2.22. The minimum Gasteiger partial charge on any atom is -0.466 e. The zero-order valence-corrected chi connectivity index (χ0v) is 8.28. The summed E-state index contributed by atoms with van der Waals surface area (Å²) in [7, 11) is 0. The summed E-state index contributed by atoms with van der Waals surface area (Å²) in [4.78, 5) is 21.7. The van der Waals surface area contributed by atoms with Crippen LogP contribution in [0.4, 0.5) is 11.5 Å². The van der Waals surface area contributed by atoms with Crippen molar-refractivity contribution in [2.24, 2.45) is 0 Å².